The molecule has 0 saturated carbocycles. The lowest BCUT2D eigenvalue weighted by Gasteiger charge is -2.34. The molecule has 1 fully saturated rings. The van der Waals surface area contributed by atoms with Gasteiger partial charge in [-0.15, -0.1) is 0 Å². The molecule has 0 spiro atoms. The van der Waals surface area contributed by atoms with Crippen LogP contribution in [0.2, 0.25) is 0 Å². The Kier molecular flexibility index (Phi) is 3.84. The molecule has 0 aromatic carbocycles. The van der Waals surface area contributed by atoms with Crippen molar-refractivity contribution in [3.63, 3.8) is 0 Å². The first-order chi connectivity index (χ1) is 8.10. The zero-order valence-electron chi connectivity index (χ0n) is 11.1. The van der Waals surface area contributed by atoms with Crippen molar-refractivity contribution in [1.29, 1.82) is 0 Å². The summed E-state index contributed by atoms with van der Waals surface area (Å²) >= 11 is 0. The highest BCUT2D eigenvalue weighted by Crippen LogP contribution is 2.18. The SMILES string of the molecule is CCn1nc(C)cc1CN1CCC(O)C(C)C1. The summed E-state index contributed by atoms with van der Waals surface area (Å²) in [6, 6.07) is 2.17. The van der Waals surface area contributed by atoms with Crippen molar-refractivity contribution in [3.8, 4) is 0 Å². The van der Waals surface area contributed by atoms with Crippen molar-refractivity contribution in [2.45, 2.75) is 46.4 Å². The van der Waals surface area contributed by atoms with Crippen LogP contribution in [0.5, 0.6) is 0 Å². The van der Waals surface area contributed by atoms with Crippen molar-refractivity contribution >= 4 is 0 Å². The molecule has 1 saturated heterocycles. The van der Waals surface area contributed by atoms with Crippen LogP contribution in [0.15, 0.2) is 6.07 Å². The van der Waals surface area contributed by atoms with Gasteiger partial charge in [-0.1, -0.05) is 6.92 Å². The van der Waals surface area contributed by atoms with Gasteiger partial charge in [-0.05, 0) is 32.3 Å². The van der Waals surface area contributed by atoms with Gasteiger partial charge in [-0.3, -0.25) is 9.58 Å². The van der Waals surface area contributed by atoms with E-state index in [1.807, 2.05) is 6.92 Å². The monoisotopic (exact) mass is 237 g/mol. The summed E-state index contributed by atoms with van der Waals surface area (Å²) in [7, 11) is 0. The molecular weight excluding hydrogens is 214 g/mol. The Bertz CT molecular complexity index is 375. The van der Waals surface area contributed by atoms with Gasteiger partial charge in [0, 0.05) is 26.2 Å². The lowest BCUT2D eigenvalue weighted by molar-refractivity contribution is 0.0311. The largest absolute Gasteiger partial charge is 0.393 e. The number of aliphatic hydroxyl groups is 1. The first kappa shape index (κ1) is 12.6. The molecule has 0 aliphatic carbocycles. The van der Waals surface area contributed by atoms with E-state index < -0.39 is 0 Å². The lowest BCUT2D eigenvalue weighted by atomic mass is 9.97. The van der Waals surface area contributed by atoms with Gasteiger partial charge in [0.05, 0.1) is 17.5 Å². The molecule has 0 radical (unpaired) electrons. The van der Waals surface area contributed by atoms with Gasteiger partial charge in [0.15, 0.2) is 0 Å². The average Bonchev–Trinajstić information content (AvgIpc) is 2.64. The molecule has 1 aliphatic heterocycles. The van der Waals surface area contributed by atoms with Gasteiger partial charge in [-0.2, -0.15) is 5.10 Å². The molecule has 1 aliphatic rings. The minimum Gasteiger partial charge on any atom is -0.393 e. The van der Waals surface area contributed by atoms with E-state index in [1.165, 1.54) is 5.69 Å². The topological polar surface area (TPSA) is 41.3 Å². The van der Waals surface area contributed by atoms with Crippen LogP contribution in [-0.2, 0) is 13.1 Å². The van der Waals surface area contributed by atoms with Gasteiger partial charge in [0.25, 0.3) is 0 Å². The molecule has 2 heterocycles. The highest BCUT2D eigenvalue weighted by molar-refractivity contribution is 5.09. The summed E-state index contributed by atoms with van der Waals surface area (Å²) in [6.07, 6.45) is 0.768. The van der Waals surface area contributed by atoms with Crippen LogP contribution in [0.4, 0.5) is 0 Å². The Hall–Kier alpha value is -0.870. The van der Waals surface area contributed by atoms with E-state index in [0.717, 1.165) is 38.3 Å². The fourth-order valence-corrected chi connectivity index (χ4v) is 2.59. The van der Waals surface area contributed by atoms with Crippen molar-refractivity contribution in [2.75, 3.05) is 13.1 Å². The number of likely N-dealkylation sites (tertiary alicyclic amines) is 1. The highest BCUT2D eigenvalue weighted by Gasteiger charge is 2.24. The quantitative estimate of drug-likeness (QED) is 0.864. The number of aliphatic hydroxyl groups excluding tert-OH is 1. The van der Waals surface area contributed by atoms with E-state index >= 15 is 0 Å². The van der Waals surface area contributed by atoms with Gasteiger partial charge < -0.3 is 5.11 Å². The molecule has 4 nitrogen and oxygen atoms in total. The summed E-state index contributed by atoms with van der Waals surface area (Å²) in [5, 5.41) is 14.2. The Morgan fingerprint density at radius 1 is 1.53 bits per heavy atom. The smallest absolute Gasteiger partial charge is 0.0597 e. The van der Waals surface area contributed by atoms with E-state index in [-0.39, 0.29) is 6.10 Å². The molecular formula is C13H23N3O. The predicted octanol–water partition coefficient (Wildman–Crippen LogP) is 1.41. The molecule has 0 bridgehead atoms. The van der Waals surface area contributed by atoms with Gasteiger partial charge >= 0.3 is 0 Å². The number of piperidine rings is 1. The van der Waals surface area contributed by atoms with Crippen molar-refractivity contribution in [1.82, 2.24) is 14.7 Å². The lowest BCUT2D eigenvalue weighted by Crippen LogP contribution is -2.41. The first-order valence-corrected chi connectivity index (χ1v) is 6.54. The van der Waals surface area contributed by atoms with Crippen LogP contribution in [0.1, 0.15) is 31.7 Å². The number of aryl methyl sites for hydroxylation is 2. The molecule has 2 rings (SSSR count). The summed E-state index contributed by atoms with van der Waals surface area (Å²) < 4.78 is 2.07. The second kappa shape index (κ2) is 5.19. The fourth-order valence-electron chi connectivity index (χ4n) is 2.59. The molecule has 1 N–H and O–H groups in total. The summed E-state index contributed by atoms with van der Waals surface area (Å²) in [4.78, 5) is 2.42. The number of aromatic nitrogens is 2. The molecule has 1 aromatic rings. The summed E-state index contributed by atoms with van der Waals surface area (Å²) in [5.74, 6) is 0.378. The Morgan fingerprint density at radius 3 is 2.94 bits per heavy atom. The van der Waals surface area contributed by atoms with Crippen LogP contribution in [0, 0.1) is 12.8 Å². The van der Waals surface area contributed by atoms with Gasteiger partial charge in [0.2, 0.25) is 0 Å². The van der Waals surface area contributed by atoms with Crippen molar-refractivity contribution < 1.29 is 5.11 Å². The number of rotatable bonds is 3. The first-order valence-electron chi connectivity index (χ1n) is 6.54. The molecule has 2 unspecified atom stereocenters. The molecule has 2 atom stereocenters. The third-order valence-corrected chi connectivity index (χ3v) is 3.61. The average molecular weight is 237 g/mol. The second-order valence-corrected chi connectivity index (χ2v) is 5.16. The fraction of sp³-hybridized carbons (Fsp3) is 0.769. The third kappa shape index (κ3) is 2.87. The maximum atomic E-state index is 9.72. The van der Waals surface area contributed by atoms with Crippen LogP contribution in [0.3, 0.4) is 0 Å². The van der Waals surface area contributed by atoms with E-state index in [1.54, 1.807) is 0 Å². The van der Waals surface area contributed by atoms with Crippen molar-refractivity contribution in [2.24, 2.45) is 5.92 Å². The predicted molar refractivity (Wildman–Crippen MR) is 67.7 cm³/mol. The maximum Gasteiger partial charge on any atom is 0.0597 e. The van der Waals surface area contributed by atoms with E-state index in [9.17, 15) is 5.11 Å². The Balaban J connectivity index is 2.00. The minimum atomic E-state index is -0.121. The van der Waals surface area contributed by atoms with Crippen LogP contribution < -0.4 is 0 Å². The Labute approximate surface area is 103 Å². The van der Waals surface area contributed by atoms with Crippen LogP contribution >= 0.6 is 0 Å². The maximum absolute atomic E-state index is 9.72. The van der Waals surface area contributed by atoms with E-state index in [2.05, 4.69) is 34.6 Å². The zero-order chi connectivity index (χ0) is 12.4. The number of hydrogen-bond acceptors (Lipinski definition) is 3. The zero-order valence-corrected chi connectivity index (χ0v) is 11.1. The van der Waals surface area contributed by atoms with Crippen molar-refractivity contribution in [3.05, 3.63) is 17.5 Å². The molecule has 96 valence electrons. The van der Waals surface area contributed by atoms with E-state index in [4.69, 9.17) is 0 Å². The van der Waals surface area contributed by atoms with Gasteiger partial charge in [-0.25, -0.2) is 0 Å². The highest BCUT2D eigenvalue weighted by atomic mass is 16.3. The second-order valence-electron chi connectivity index (χ2n) is 5.16. The summed E-state index contributed by atoms with van der Waals surface area (Å²) in [5.41, 5.74) is 2.38. The summed E-state index contributed by atoms with van der Waals surface area (Å²) in [6.45, 7) is 10.1. The normalized spacial score (nSPS) is 26.4. The Morgan fingerprint density at radius 2 is 2.29 bits per heavy atom. The van der Waals surface area contributed by atoms with Crippen LogP contribution in [-0.4, -0.2) is 39.0 Å². The molecule has 1 aromatic heterocycles. The standard InChI is InChI=1S/C13H23N3O/c1-4-16-12(7-11(3)14-16)9-15-6-5-13(17)10(2)8-15/h7,10,13,17H,4-6,8-9H2,1-3H3. The van der Waals surface area contributed by atoms with E-state index in [0.29, 0.717) is 5.92 Å². The number of hydrogen-bond donors (Lipinski definition) is 1. The third-order valence-electron chi connectivity index (χ3n) is 3.61. The minimum absolute atomic E-state index is 0.121. The van der Waals surface area contributed by atoms with Crippen LogP contribution in [0.25, 0.3) is 0 Å². The van der Waals surface area contributed by atoms with Gasteiger partial charge in [0.1, 0.15) is 0 Å². The molecule has 0 amide bonds. The molecule has 17 heavy (non-hydrogen) atoms. The number of nitrogens with zero attached hydrogens (tertiary/aromatic N) is 3. The molecule has 4 heteroatoms.